The summed E-state index contributed by atoms with van der Waals surface area (Å²) in [5.74, 6) is 0. The molecule has 0 spiro atoms. The number of nitrogens with zero attached hydrogens (tertiary/aromatic N) is 3. The van der Waals surface area contributed by atoms with Crippen LogP contribution in [0.15, 0.2) is 42.5 Å². The predicted molar refractivity (Wildman–Crippen MR) is 81.6 cm³/mol. The zero-order valence-electron chi connectivity index (χ0n) is 11.2. The van der Waals surface area contributed by atoms with Crippen LogP contribution in [-0.2, 0) is 0 Å². The molecule has 21 heavy (non-hydrogen) atoms. The van der Waals surface area contributed by atoms with E-state index >= 15 is 0 Å². The summed E-state index contributed by atoms with van der Waals surface area (Å²) in [5, 5.41) is 14.1. The van der Waals surface area contributed by atoms with Gasteiger partial charge in [-0.05, 0) is 0 Å². The fraction of sp³-hybridized carbons (Fsp3) is 0.143. The molecule has 0 bridgehead atoms. The Morgan fingerprint density at radius 3 is 2.67 bits per heavy atom. The van der Waals surface area contributed by atoms with E-state index < -0.39 is 4.92 Å². The quantitative estimate of drug-likeness (QED) is 0.446. The van der Waals surface area contributed by atoms with E-state index in [1.807, 2.05) is 25.1 Å². The number of hydrogen-bond donors (Lipinski definition) is 1. The number of nitrogens with one attached hydrogen (secondary N) is 1. The van der Waals surface area contributed by atoms with Crippen LogP contribution in [0.3, 0.4) is 0 Å². The molecule has 106 valence electrons. The predicted octanol–water partition coefficient (Wildman–Crippen LogP) is 2.77. The Morgan fingerprint density at radius 1 is 1.19 bits per heavy atom. The maximum absolute atomic E-state index is 10.7. The van der Waals surface area contributed by atoms with Gasteiger partial charge in [0.1, 0.15) is 0 Å². The molecule has 0 radical (unpaired) electrons. The van der Waals surface area contributed by atoms with E-state index in [-0.39, 0.29) is 26.7 Å². The normalized spacial score (nSPS) is 12.2. The topological polar surface area (TPSA) is 81.0 Å². The molecule has 0 aliphatic heterocycles. The number of aromatic nitrogens is 2. The van der Waals surface area contributed by atoms with Crippen LogP contribution in [0, 0.1) is 10.1 Å². The summed E-state index contributed by atoms with van der Waals surface area (Å²) in [5.41, 5.74) is 3.87. The molecule has 3 rings (SSSR count). The molecule has 1 heterocycles. The molecular formula is C14H12N4O2Se. The van der Waals surface area contributed by atoms with Gasteiger partial charge in [0.15, 0.2) is 0 Å². The van der Waals surface area contributed by atoms with Crippen molar-refractivity contribution in [3.63, 3.8) is 0 Å². The summed E-state index contributed by atoms with van der Waals surface area (Å²) in [4.78, 5) is 10.3. The van der Waals surface area contributed by atoms with Crippen LogP contribution in [-0.4, -0.2) is 27.8 Å². The molecule has 1 N–H and O–H groups in total. The van der Waals surface area contributed by atoms with Gasteiger partial charge in [0.25, 0.3) is 0 Å². The number of fused-ring (bicyclic) bond motifs is 1. The molecule has 0 aliphatic rings. The van der Waals surface area contributed by atoms with Crippen LogP contribution in [0.25, 0.3) is 11.0 Å². The van der Waals surface area contributed by atoms with Crippen molar-refractivity contribution in [1.82, 2.24) is 7.96 Å². The van der Waals surface area contributed by atoms with Crippen molar-refractivity contribution in [2.45, 2.75) is 13.0 Å². The fourth-order valence-electron chi connectivity index (χ4n) is 2.12. The Kier molecular flexibility index (Phi) is 3.68. The Bertz CT molecular complexity index is 785. The molecule has 1 atom stereocenters. The van der Waals surface area contributed by atoms with Gasteiger partial charge in [0.05, 0.1) is 0 Å². The number of hydrogen-bond acceptors (Lipinski definition) is 5. The van der Waals surface area contributed by atoms with Crippen molar-refractivity contribution in [2.24, 2.45) is 0 Å². The number of benzene rings is 2. The van der Waals surface area contributed by atoms with Gasteiger partial charge >= 0.3 is 127 Å². The van der Waals surface area contributed by atoms with Gasteiger partial charge in [-0.2, -0.15) is 0 Å². The standard InChI is InChI=1S/C14H12N4O2Se/c1-9(10-5-7-11(8-6-10)18(19)20)15-12-3-2-4-13-14(12)17-21-16-13/h2-9,15H,1H3. The third-order valence-electron chi connectivity index (χ3n) is 3.26. The minimum atomic E-state index is -0.394. The number of rotatable bonds is 4. The first-order chi connectivity index (χ1) is 10.1. The van der Waals surface area contributed by atoms with E-state index in [4.69, 9.17) is 0 Å². The van der Waals surface area contributed by atoms with E-state index in [1.165, 1.54) is 12.1 Å². The summed E-state index contributed by atoms with van der Waals surface area (Å²) < 4.78 is 8.78. The molecule has 6 nitrogen and oxygen atoms in total. The monoisotopic (exact) mass is 348 g/mol. The van der Waals surface area contributed by atoms with Crippen LogP contribution in [0.2, 0.25) is 0 Å². The first-order valence-corrected chi connectivity index (χ1v) is 7.90. The third-order valence-corrected chi connectivity index (χ3v) is 4.40. The van der Waals surface area contributed by atoms with E-state index in [0.717, 1.165) is 22.3 Å². The fourth-order valence-corrected chi connectivity index (χ4v) is 3.28. The van der Waals surface area contributed by atoms with Crippen molar-refractivity contribution in [3.8, 4) is 0 Å². The average Bonchev–Trinajstić information content (AvgIpc) is 2.97. The molecule has 0 fully saturated rings. The van der Waals surface area contributed by atoms with Crippen LogP contribution < -0.4 is 5.32 Å². The van der Waals surface area contributed by atoms with Crippen LogP contribution in [0.4, 0.5) is 11.4 Å². The second-order valence-corrected chi connectivity index (χ2v) is 5.76. The summed E-state index contributed by atoms with van der Waals surface area (Å²) in [6, 6.07) is 12.5. The zero-order valence-corrected chi connectivity index (χ0v) is 12.9. The Labute approximate surface area is 127 Å². The van der Waals surface area contributed by atoms with Gasteiger partial charge in [0.2, 0.25) is 0 Å². The van der Waals surface area contributed by atoms with E-state index in [1.54, 1.807) is 12.1 Å². The van der Waals surface area contributed by atoms with Gasteiger partial charge in [-0.15, -0.1) is 0 Å². The van der Waals surface area contributed by atoms with Gasteiger partial charge < -0.3 is 0 Å². The molecule has 1 aromatic heterocycles. The second-order valence-electron chi connectivity index (χ2n) is 4.65. The van der Waals surface area contributed by atoms with Gasteiger partial charge in [-0.1, -0.05) is 0 Å². The van der Waals surface area contributed by atoms with Crippen LogP contribution in [0.5, 0.6) is 0 Å². The van der Waals surface area contributed by atoms with Crippen molar-refractivity contribution < 1.29 is 4.92 Å². The van der Waals surface area contributed by atoms with Crippen molar-refractivity contribution in [1.29, 1.82) is 0 Å². The molecule has 7 heteroatoms. The first kappa shape index (κ1) is 13.7. The number of nitro benzene ring substituents is 1. The number of nitro groups is 1. The summed E-state index contributed by atoms with van der Waals surface area (Å²) >= 11 is -0.0588. The Hall–Kier alpha value is -2.24. The van der Waals surface area contributed by atoms with Crippen LogP contribution >= 0.6 is 0 Å². The molecule has 0 saturated carbocycles. The molecule has 0 aliphatic carbocycles. The number of non-ortho nitro benzene ring substituents is 1. The summed E-state index contributed by atoms with van der Waals surface area (Å²) in [6.07, 6.45) is 0. The molecular weight excluding hydrogens is 335 g/mol. The van der Waals surface area contributed by atoms with E-state index in [9.17, 15) is 10.1 Å². The Balaban J connectivity index is 1.84. The maximum atomic E-state index is 10.7. The van der Waals surface area contributed by atoms with Gasteiger partial charge in [-0.25, -0.2) is 0 Å². The first-order valence-electron chi connectivity index (χ1n) is 6.37. The molecule has 0 saturated heterocycles. The van der Waals surface area contributed by atoms with Gasteiger partial charge in [0, 0.05) is 0 Å². The van der Waals surface area contributed by atoms with Crippen molar-refractivity contribution >= 4 is 37.4 Å². The molecule has 2 aromatic carbocycles. The molecule has 0 amide bonds. The van der Waals surface area contributed by atoms with Crippen molar-refractivity contribution in [3.05, 3.63) is 58.1 Å². The minimum absolute atomic E-state index is 0.0283. The van der Waals surface area contributed by atoms with Crippen molar-refractivity contribution in [2.75, 3.05) is 5.32 Å². The Morgan fingerprint density at radius 2 is 1.95 bits per heavy atom. The van der Waals surface area contributed by atoms with Gasteiger partial charge in [-0.3, -0.25) is 0 Å². The zero-order chi connectivity index (χ0) is 14.8. The summed E-state index contributed by atoms with van der Waals surface area (Å²) in [7, 11) is 0. The molecule has 1 unspecified atom stereocenters. The van der Waals surface area contributed by atoms with E-state index in [0.29, 0.717) is 0 Å². The second kappa shape index (κ2) is 5.63. The molecule has 3 aromatic rings. The van der Waals surface area contributed by atoms with Crippen LogP contribution in [0.1, 0.15) is 18.5 Å². The third kappa shape index (κ3) is 2.79. The SMILES string of the molecule is CC(Nc1cccc2n[se]nc12)c1ccc([N+](=O)[O-])cc1. The summed E-state index contributed by atoms with van der Waals surface area (Å²) in [6.45, 7) is 2.01. The van der Waals surface area contributed by atoms with E-state index in [2.05, 4.69) is 13.3 Å². The average molecular weight is 347 g/mol. The number of anilines is 1.